The summed E-state index contributed by atoms with van der Waals surface area (Å²) in [5.74, 6) is 0. The number of tetrazole rings is 2. The van der Waals surface area contributed by atoms with Crippen LogP contribution < -0.4 is 0 Å². The molecule has 0 saturated heterocycles. The summed E-state index contributed by atoms with van der Waals surface area (Å²) in [7, 11) is 0. The van der Waals surface area contributed by atoms with Gasteiger partial charge in [-0.1, -0.05) is 36.4 Å². The maximum absolute atomic E-state index is 5.45. The summed E-state index contributed by atoms with van der Waals surface area (Å²) >= 11 is 10.9. The van der Waals surface area contributed by atoms with Crippen LogP contribution >= 0.6 is 24.4 Å². The minimum Gasteiger partial charge on any atom is -0.196 e. The summed E-state index contributed by atoms with van der Waals surface area (Å²) < 4.78 is 7.15. The second-order valence-corrected chi connectivity index (χ2v) is 5.89. The van der Waals surface area contributed by atoms with E-state index in [1.807, 2.05) is 60.7 Å². The highest BCUT2D eigenvalue weighted by Gasteiger charge is 2.10. The summed E-state index contributed by atoms with van der Waals surface area (Å²) in [6, 6.07) is 19.2. The van der Waals surface area contributed by atoms with Crippen molar-refractivity contribution >= 4 is 24.4 Å². The third-order valence-electron chi connectivity index (χ3n) is 3.55. The van der Waals surface area contributed by atoms with Crippen LogP contribution in [0.4, 0.5) is 0 Å². The topological polar surface area (TPSA) is 71.3 Å². The van der Waals surface area contributed by atoms with E-state index < -0.39 is 0 Å². The second-order valence-electron chi connectivity index (χ2n) is 5.16. The van der Waals surface area contributed by atoms with Crippen LogP contribution in [0.1, 0.15) is 0 Å². The van der Waals surface area contributed by atoms with Crippen molar-refractivity contribution in [2.75, 3.05) is 0 Å². The van der Waals surface area contributed by atoms with E-state index in [4.69, 9.17) is 24.4 Å². The molecule has 0 amide bonds. The van der Waals surface area contributed by atoms with Gasteiger partial charge in [-0.15, -0.1) is 0 Å². The van der Waals surface area contributed by atoms with E-state index in [9.17, 15) is 0 Å². The molecule has 2 heterocycles. The lowest BCUT2D eigenvalue weighted by Crippen LogP contribution is -2.12. The van der Waals surface area contributed by atoms with Gasteiger partial charge in [-0.25, -0.2) is 0 Å². The predicted octanol–water partition coefficient (Wildman–Crippen LogP) is 2.42. The predicted molar refractivity (Wildman–Crippen MR) is 95.8 cm³/mol. The Morgan fingerprint density at radius 3 is 1.40 bits per heavy atom. The van der Waals surface area contributed by atoms with E-state index in [0.717, 1.165) is 11.4 Å². The number of para-hydroxylation sites is 2. The zero-order valence-electron chi connectivity index (χ0n) is 12.9. The highest BCUT2D eigenvalue weighted by atomic mass is 32.1. The van der Waals surface area contributed by atoms with E-state index in [1.54, 1.807) is 18.7 Å². The lowest BCUT2D eigenvalue weighted by molar-refractivity contribution is 0.471. The second kappa shape index (κ2) is 6.49. The summed E-state index contributed by atoms with van der Waals surface area (Å²) in [6.07, 6.45) is 0. The van der Waals surface area contributed by atoms with E-state index >= 15 is 0 Å². The zero-order chi connectivity index (χ0) is 17.2. The number of benzene rings is 2. The molecule has 0 N–H and O–H groups in total. The van der Waals surface area contributed by atoms with Crippen LogP contribution in [0, 0.1) is 9.54 Å². The first-order valence-corrected chi connectivity index (χ1v) is 8.22. The molecule has 2 aromatic heterocycles. The highest BCUT2D eigenvalue weighted by Crippen LogP contribution is 2.08. The van der Waals surface area contributed by atoms with Gasteiger partial charge in [0, 0.05) is 0 Å². The molecule has 0 spiro atoms. The van der Waals surface area contributed by atoms with Crippen molar-refractivity contribution in [2.45, 2.75) is 6.67 Å². The summed E-state index contributed by atoms with van der Waals surface area (Å²) in [5, 5.41) is 16.4. The molecule has 0 aliphatic rings. The Balaban J connectivity index is 1.67. The van der Waals surface area contributed by atoms with Gasteiger partial charge in [-0.05, 0) is 69.6 Å². The molecule has 4 aromatic rings. The molecule has 0 aliphatic heterocycles. The SMILES string of the molecule is S=c1n(Cn2nnn(-c3ccccc3)c2=S)nnn1-c1ccccc1. The van der Waals surface area contributed by atoms with Gasteiger partial charge < -0.3 is 0 Å². The Morgan fingerprint density at radius 1 is 0.600 bits per heavy atom. The molecule has 2 aromatic carbocycles. The van der Waals surface area contributed by atoms with Gasteiger partial charge in [0.05, 0.1) is 11.4 Å². The standard InChI is InChI=1S/C15H12N8S2/c24-14-20(16-18-22(14)12-7-3-1-4-8-12)11-21-15(25)23(19-17-21)13-9-5-2-6-10-13/h1-10H,11H2. The van der Waals surface area contributed by atoms with Crippen LogP contribution in [-0.4, -0.2) is 39.6 Å². The lowest BCUT2D eigenvalue weighted by Gasteiger charge is -2.01. The zero-order valence-corrected chi connectivity index (χ0v) is 14.5. The van der Waals surface area contributed by atoms with Crippen molar-refractivity contribution in [3.63, 3.8) is 0 Å². The van der Waals surface area contributed by atoms with Gasteiger partial charge in [-0.3, -0.25) is 0 Å². The highest BCUT2D eigenvalue weighted by molar-refractivity contribution is 7.71. The van der Waals surface area contributed by atoms with E-state index in [2.05, 4.69) is 20.9 Å². The molecule has 0 saturated carbocycles. The van der Waals surface area contributed by atoms with Gasteiger partial charge in [-0.2, -0.15) is 18.7 Å². The van der Waals surface area contributed by atoms with Gasteiger partial charge in [0.15, 0.2) is 0 Å². The van der Waals surface area contributed by atoms with Crippen molar-refractivity contribution in [3.8, 4) is 11.4 Å². The first-order chi connectivity index (χ1) is 12.2. The van der Waals surface area contributed by atoms with Crippen LogP contribution in [0.2, 0.25) is 0 Å². The first kappa shape index (κ1) is 15.5. The van der Waals surface area contributed by atoms with Crippen molar-refractivity contribution in [3.05, 3.63) is 70.2 Å². The molecule has 4 rings (SSSR count). The summed E-state index contributed by atoms with van der Waals surface area (Å²) in [4.78, 5) is 0. The van der Waals surface area contributed by atoms with Crippen LogP contribution in [0.25, 0.3) is 11.4 Å². The Kier molecular flexibility index (Phi) is 4.04. The quantitative estimate of drug-likeness (QED) is 0.515. The number of nitrogens with zero attached hydrogens (tertiary/aromatic N) is 8. The minimum absolute atomic E-state index is 0.233. The first-order valence-electron chi connectivity index (χ1n) is 7.40. The number of hydrogen-bond donors (Lipinski definition) is 0. The molecule has 0 fully saturated rings. The largest absolute Gasteiger partial charge is 0.222 e. The fraction of sp³-hybridized carbons (Fsp3) is 0.0667. The number of aromatic nitrogens is 8. The smallest absolute Gasteiger partial charge is 0.196 e. The molecule has 0 unspecified atom stereocenters. The van der Waals surface area contributed by atoms with Gasteiger partial charge in [0.1, 0.15) is 6.67 Å². The van der Waals surface area contributed by atoms with E-state index in [1.165, 1.54) is 0 Å². The summed E-state index contributed by atoms with van der Waals surface area (Å²) in [6.45, 7) is 0.233. The Labute approximate surface area is 152 Å². The van der Waals surface area contributed by atoms with Crippen molar-refractivity contribution in [1.29, 1.82) is 0 Å². The lowest BCUT2D eigenvalue weighted by atomic mass is 10.3. The van der Waals surface area contributed by atoms with E-state index in [0.29, 0.717) is 9.54 Å². The summed E-state index contributed by atoms with van der Waals surface area (Å²) in [5.41, 5.74) is 1.69. The third kappa shape index (κ3) is 2.92. The molecule has 8 nitrogen and oxygen atoms in total. The maximum Gasteiger partial charge on any atom is 0.222 e. The van der Waals surface area contributed by atoms with Crippen molar-refractivity contribution in [1.82, 2.24) is 39.6 Å². The molecule has 0 atom stereocenters. The molecule has 0 radical (unpaired) electrons. The Bertz CT molecular complexity index is 1020. The van der Waals surface area contributed by atoms with Gasteiger partial charge in [0.2, 0.25) is 9.54 Å². The van der Waals surface area contributed by atoms with Crippen molar-refractivity contribution in [2.24, 2.45) is 0 Å². The van der Waals surface area contributed by atoms with Gasteiger partial charge in [0.25, 0.3) is 0 Å². The third-order valence-corrected chi connectivity index (χ3v) is 4.32. The molecule has 0 bridgehead atoms. The number of hydrogen-bond acceptors (Lipinski definition) is 6. The van der Waals surface area contributed by atoms with Gasteiger partial charge >= 0.3 is 0 Å². The minimum atomic E-state index is 0.233. The number of rotatable bonds is 4. The average molecular weight is 368 g/mol. The monoisotopic (exact) mass is 368 g/mol. The Hall–Kier alpha value is -2.98. The van der Waals surface area contributed by atoms with E-state index in [-0.39, 0.29) is 6.67 Å². The molecule has 0 aliphatic carbocycles. The molecule has 10 heteroatoms. The van der Waals surface area contributed by atoms with Crippen LogP contribution in [0.5, 0.6) is 0 Å². The van der Waals surface area contributed by atoms with Crippen LogP contribution in [0.15, 0.2) is 60.7 Å². The van der Waals surface area contributed by atoms with Crippen molar-refractivity contribution < 1.29 is 0 Å². The van der Waals surface area contributed by atoms with Crippen LogP contribution in [0.3, 0.4) is 0 Å². The molecular formula is C15H12N8S2. The average Bonchev–Trinajstić information content (AvgIpc) is 3.20. The fourth-order valence-corrected chi connectivity index (χ4v) is 2.79. The normalized spacial score (nSPS) is 10.9. The fourth-order valence-electron chi connectivity index (χ4n) is 2.32. The Morgan fingerprint density at radius 2 is 1.00 bits per heavy atom. The molecule has 124 valence electrons. The maximum atomic E-state index is 5.45. The molecule has 25 heavy (non-hydrogen) atoms. The van der Waals surface area contributed by atoms with Crippen LogP contribution in [-0.2, 0) is 6.67 Å². The molecular weight excluding hydrogens is 356 g/mol.